The molecule has 1 amide bonds. The molecule has 3 heterocycles. The van der Waals surface area contributed by atoms with Crippen LogP contribution >= 0.6 is 11.6 Å². The van der Waals surface area contributed by atoms with Gasteiger partial charge in [0.2, 0.25) is 0 Å². The predicted molar refractivity (Wildman–Crippen MR) is 134 cm³/mol. The first-order chi connectivity index (χ1) is 16.1. The van der Waals surface area contributed by atoms with Crippen molar-refractivity contribution in [3.63, 3.8) is 0 Å². The van der Waals surface area contributed by atoms with Gasteiger partial charge >= 0.3 is 0 Å². The Labute approximate surface area is 203 Å². The molecule has 34 heavy (non-hydrogen) atoms. The van der Waals surface area contributed by atoms with E-state index in [0.29, 0.717) is 22.2 Å². The maximum Gasteiger partial charge on any atom is 0.271 e. The molecule has 3 aromatic heterocycles. The third-order valence-corrected chi connectivity index (χ3v) is 6.42. The van der Waals surface area contributed by atoms with Gasteiger partial charge in [0.25, 0.3) is 5.91 Å². The van der Waals surface area contributed by atoms with Crippen LogP contribution < -0.4 is 10.5 Å². The fourth-order valence-electron chi connectivity index (χ4n) is 4.25. The summed E-state index contributed by atoms with van der Waals surface area (Å²) in [4.78, 5) is 22.4. The molecule has 9 heteroatoms. The average Bonchev–Trinajstić information content (AvgIpc) is 3.17. The third-order valence-electron chi connectivity index (χ3n) is 6.02. The van der Waals surface area contributed by atoms with Crippen molar-refractivity contribution >= 4 is 34.1 Å². The van der Waals surface area contributed by atoms with E-state index in [0.717, 1.165) is 38.9 Å². The highest BCUT2D eigenvalue weighted by Crippen LogP contribution is 2.43. The molecular weight excluding hydrogens is 452 g/mol. The lowest BCUT2D eigenvalue weighted by atomic mass is 9.94. The smallest absolute Gasteiger partial charge is 0.271 e. The van der Waals surface area contributed by atoms with Crippen molar-refractivity contribution in [3.05, 3.63) is 64.3 Å². The maximum atomic E-state index is 12.3. The van der Waals surface area contributed by atoms with Crippen LogP contribution in [0.2, 0.25) is 5.02 Å². The van der Waals surface area contributed by atoms with E-state index in [9.17, 15) is 4.79 Å². The van der Waals surface area contributed by atoms with Crippen LogP contribution in [0.5, 0.6) is 5.75 Å². The van der Waals surface area contributed by atoms with Crippen molar-refractivity contribution in [3.8, 4) is 16.9 Å². The van der Waals surface area contributed by atoms with Crippen LogP contribution in [0.4, 0.5) is 5.69 Å². The lowest BCUT2D eigenvalue weighted by molar-refractivity contribution is 0.0822. The first kappa shape index (κ1) is 23.5. The quantitative estimate of drug-likeness (QED) is 0.447. The number of ether oxygens (including phenoxy) is 1. The summed E-state index contributed by atoms with van der Waals surface area (Å²) in [5.41, 5.74) is 12.1. The topological polar surface area (TPSA) is 99.2 Å². The fourth-order valence-corrected chi connectivity index (χ4v) is 4.46. The summed E-state index contributed by atoms with van der Waals surface area (Å²) < 4.78 is 7.81. The number of hydrogen-bond donors (Lipinski definition) is 1. The predicted octanol–water partition coefficient (Wildman–Crippen LogP) is 4.67. The number of hydrogen-bond acceptors (Lipinski definition) is 6. The zero-order chi connectivity index (χ0) is 24.7. The van der Waals surface area contributed by atoms with E-state index in [-0.39, 0.29) is 11.9 Å². The number of carbonyl (C=O) groups excluding carboxylic acids is 1. The van der Waals surface area contributed by atoms with Crippen molar-refractivity contribution < 1.29 is 9.53 Å². The summed E-state index contributed by atoms with van der Waals surface area (Å²) in [6, 6.07) is 5.25. The first-order valence-electron chi connectivity index (χ1n) is 10.8. The van der Waals surface area contributed by atoms with Crippen molar-refractivity contribution in [2.45, 2.75) is 26.8 Å². The number of aryl methyl sites for hydroxylation is 1. The molecule has 0 spiro atoms. The third kappa shape index (κ3) is 3.84. The number of aromatic nitrogens is 4. The van der Waals surface area contributed by atoms with E-state index in [1.165, 1.54) is 4.90 Å². The molecular formula is C25H27ClN6O2. The molecule has 1 atom stereocenters. The van der Waals surface area contributed by atoms with Gasteiger partial charge in [-0.25, -0.2) is 0 Å². The van der Waals surface area contributed by atoms with E-state index in [4.69, 9.17) is 27.2 Å². The second kappa shape index (κ2) is 8.95. The SMILES string of the molecule is COc1c(C(C)n2nc(C)c3c(N)cncc32)cc(Cl)c(C)c1-c1ccc(C(=O)N(C)C)nc1. The minimum absolute atomic E-state index is 0.163. The Morgan fingerprint density at radius 3 is 2.56 bits per heavy atom. The molecule has 0 fully saturated rings. The van der Waals surface area contributed by atoms with Gasteiger partial charge in [0.1, 0.15) is 11.4 Å². The van der Waals surface area contributed by atoms with E-state index in [2.05, 4.69) is 9.97 Å². The number of anilines is 1. The lowest BCUT2D eigenvalue weighted by Crippen LogP contribution is -2.22. The summed E-state index contributed by atoms with van der Waals surface area (Å²) >= 11 is 6.70. The molecule has 0 aliphatic heterocycles. The summed E-state index contributed by atoms with van der Waals surface area (Å²) in [6.45, 7) is 5.89. The van der Waals surface area contributed by atoms with Crippen LogP contribution in [0.3, 0.4) is 0 Å². The van der Waals surface area contributed by atoms with Gasteiger partial charge in [-0.05, 0) is 38.5 Å². The standard InChI is InChI=1S/C25H27ClN6O2/c1-13-18(26)9-17(15(3)32-21-12-28-11-19(27)23(21)14(2)30-32)24(34-6)22(13)16-7-8-20(29-10-16)25(33)31(4)5/h7-12,15H,27H2,1-6H3. The number of methoxy groups -OCH3 is 1. The molecule has 4 aromatic rings. The highest BCUT2D eigenvalue weighted by molar-refractivity contribution is 6.32. The molecule has 0 aliphatic rings. The number of amides is 1. The molecule has 8 nitrogen and oxygen atoms in total. The van der Waals surface area contributed by atoms with E-state index >= 15 is 0 Å². The van der Waals surface area contributed by atoms with Crippen molar-refractivity contribution in [2.75, 3.05) is 26.9 Å². The van der Waals surface area contributed by atoms with Crippen LogP contribution in [-0.2, 0) is 0 Å². The largest absolute Gasteiger partial charge is 0.496 e. The average molecular weight is 479 g/mol. The monoisotopic (exact) mass is 478 g/mol. The minimum atomic E-state index is -0.228. The number of rotatable bonds is 5. The lowest BCUT2D eigenvalue weighted by Gasteiger charge is -2.22. The Kier molecular flexibility index (Phi) is 6.18. The molecule has 0 saturated carbocycles. The molecule has 4 rings (SSSR count). The summed E-state index contributed by atoms with van der Waals surface area (Å²) in [5, 5.41) is 6.22. The molecule has 0 radical (unpaired) electrons. The molecule has 0 aliphatic carbocycles. The fraction of sp³-hybridized carbons (Fsp3) is 0.280. The van der Waals surface area contributed by atoms with Gasteiger partial charge in [-0.15, -0.1) is 0 Å². The Morgan fingerprint density at radius 2 is 1.94 bits per heavy atom. The van der Waals surface area contributed by atoms with Gasteiger partial charge in [-0.2, -0.15) is 5.10 Å². The van der Waals surface area contributed by atoms with Gasteiger partial charge in [-0.1, -0.05) is 17.7 Å². The maximum absolute atomic E-state index is 12.3. The number of halogens is 1. The van der Waals surface area contributed by atoms with Crippen LogP contribution in [0.1, 0.15) is 40.3 Å². The molecule has 176 valence electrons. The van der Waals surface area contributed by atoms with Gasteiger partial charge in [0.05, 0.1) is 42.4 Å². The number of fused-ring (bicyclic) bond motifs is 1. The first-order valence-corrected chi connectivity index (χ1v) is 11.2. The highest BCUT2D eigenvalue weighted by atomic mass is 35.5. The van der Waals surface area contributed by atoms with Crippen LogP contribution in [0.25, 0.3) is 22.0 Å². The Bertz CT molecular complexity index is 1400. The zero-order valence-electron chi connectivity index (χ0n) is 20.0. The van der Waals surface area contributed by atoms with Crippen molar-refractivity contribution in [1.29, 1.82) is 0 Å². The molecule has 0 bridgehead atoms. The Balaban J connectivity index is 1.88. The van der Waals surface area contributed by atoms with Gasteiger partial charge in [0, 0.05) is 47.4 Å². The second-order valence-corrected chi connectivity index (χ2v) is 8.85. The van der Waals surface area contributed by atoms with Gasteiger partial charge in [0.15, 0.2) is 0 Å². The van der Waals surface area contributed by atoms with E-state index in [1.807, 2.05) is 37.6 Å². The number of carbonyl (C=O) groups is 1. The zero-order valence-corrected chi connectivity index (χ0v) is 20.8. The molecule has 1 aromatic carbocycles. The van der Waals surface area contributed by atoms with Crippen molar-refractivity contribution in [1.82, 2.24) is 24.6 Å². The Hall–Kier alpha value is -3.65. The summed E-state index contributed by atoms with van der Waals surface area (Å²) in [6.07, 6.45) is 5.06. The van der Waals surface area contributed by atoms with E-state index in [1.54, 1.807) is 45.9 Å². The van der Waals surface area contributed by atoms with Crippen LogP contribution in [0.15, 0.2) is 36.8 Å². The van der Waals surface area contributed by atoms with E-state index < -0.39 is 0 Å². The van der Waals surface area contributed by atoms with Gasteiger partial charge < -0.3 is 15.4 Å². The number of nitrogens with zero attached hydrogens (tertiary/aromatic N) is 5. The van der Waals surface area contributed by atoms with Crippen molar-refractivity contribution in [2.24, 2.45) is 0 Å². The molecule has 0 saturated heterocycles. The normalized spacial score (nSPS) is 12.1. The summed E-state index contributed by atoms with van der Waals surface area (Å²) in [7, 11) is 5.02. The molecule has 2 N–H and O–H groups in total. The number of nitrogens with two attached hydrogens (primary N) is 1. The number of pyridine rings is 2. The second-order valence-electron chi connectivity index (χ2n) is 8.44. The van der Waals surface area contributed by atoms with Gasteiger partial charge in [-0.3, -0.25) is 19.4 Å². The molecule has 1 unspecified atom stereocenters. The van der Waals surface area contributed by atoms with Crippen LogP contribution in [-0.4, -0.2) is 51.8 Å². The number of benzene rings is 1. The minimum Gasteiger partial charge on any atom is -0.496 e. The summed E-state index contributed by atoms with van der Waals surface area (Å²) in [5.74, 6) is 0.505. The van der Waals surface area contributed by atoms with Crippen LogP contribution in [0, 0.1) is 13.8 Å². The number of nitrogen functional groups attached to an aromatic ring is 1. The Morgan fingerprint density at radius 1 is 1.21 bits per heavy atom. The highest BCUT2D eigenvalue weighted by Gasteiger charge is 2.24.